The number of oxime groups is 1. The standard InChI is InChI=1S/C23H40N2O4.C4H4O4/c1-20(2)17(25-29-12-11-24)8-10-22(4)16-7-9-21(3)15(5-6-18(21)26)14(16)13-19(27)23(20,22)28;5-3(6)1-2-4(7)8/h14-16,18-19,26-28H,5-13,24H2,1-4H3;1-2H,(H,5,6)(H,7,8)/b25-17-;2-1+/t14-,15-,16-,18-,19-,21-,22+,23+;/m0./s1. The van der Waals surface area contributed by atoms with Crippen LogP contribution in [0.1, 0.15) is 72.6 Å². The number of carboxylic acids is 2. The zero-order chi connectivity index (χ0) is 27.8. The molecule has 0 bridgehead atoms. The predicted octanol–water partition coefficient (Wildman–Crippen LogP) is 2.15. The second-order valence-corrected chi connectivity index (χ2v) is 12.2. The van der Waals surface area contributed by atoms with E-state index in [4.69, 9.17) is 20.8 Å². The molecule has 10 nitrogen and oxygen atoms in total. The third-order valence-electron chi connectivity index (χ3n) is 10.4. The summed E-state index contributed by atoms with van der Waals surface area (Å²) in [6, 6.07) is 0. The molecule has 0 aromatic rings. The van der Waals surface area contributed by atoms with Gasteiger partial charge in [-0.1, -0.05) is 32.9 Å². The van der Waals surface area contributed by atoms with Crippen molar-refractivity contribution in [3.8, 4) is 0 Å². The molecule has 0 heterocycles. The summed E-state index contributed by atoms with van der Waals surface area (Å²) in [5.74, 6) is -1.38. The van der Waals surface area contributed by atoms with E-state index in [-0.39, 0.29) is 16.9 Å². The van der Waals surface area contributed by atoms with Crippen LogP contribution in [0.2, 0.25) is 0 Å². The summed E-state index contributed by atoms with van der Waals surface area (Å²) in [7, 11) is 0. The summed E-state index contributed by atoms with van der Waals surface area (Å²) in [6.07, 6.45) is 6.12. The van der Waals surface area contributed by atoms with E-state index < -0.39 is 29.1 Å². The molecule has 0 unspecified atom stereocenters. The number of hydrogen-bond acceptors (Lipinski definition) is 8. The van der Waals surface area contributed by atoms with E-state index in [0.29, 0.717) is 49.5 Å². The summed E-state index contributed by atoms with van der Waals surface area (Å²) in [6.45, 7) is 9.20. The van der Waals surface area contributed by atoms with E-state index in [1.807, 2.05) is 13.8 Å². The van der Waals surface area contributed by atoms with Crippen LogP contribution in [0.4, 0.5) is 0 Å². The zero-order valence-corrected chi connectivity index (χ0v) is 22.4. The van der Waals surface area contributed by atoms with Gasteiger partial charge in [0.05, 0.1) is 17.9 Å². The summed E-state index contributed by atoms with van der Waals surface area (Å²) in [5, 5.41) is 54.3. The molecule has 0 radical (unpaired) electrons. The molecule has 0 aromatic heterocycles. The molecular formula is C27H44N2O8. The lowest BCUT2D eigenvalue weighted by atomic mass is 9.38. The maximum atomic E-state index is 12.2. The fourth-order valence-electron chi connectivity index (χ4n) is 8.37. The largest absolute Gasteiger partial charge is 0.478 e. The molecule has 7 N–H and O–H groups in total. The normalized spacial score (nSPS) is 43.2. The highest BCUT2D eigenvalue weighted by atomic mass is 16.6. The lowest BCUT2D eigenvalue weighted by molar-refractivity contribution is -0.276. The number of carboxylic acid groups (broad SMARTS) is 2. The van der Waals surface area contributed by atoms with Crippen LogP contribution >= 0.6 is 0 Å². The predicted molar refractivity (Wildman–Crippen MR) is 137 cm³/mol. The molecule has 37 heavy (non-hydrogen) atoms. The first-order valence-electron chi connectivity index (χ1n) is 13.3. The SMILES string of the molecule is CC1(C)/C(=N\OCCN)CC[C@]2(C)[C@H]3CC[C@]4(C)[C@@H](O)CC[C@H]4[C@@H]3C[C@H](O)[C@@]12O.O=C(O)/C=C/C(=O)O. The number of rotatable bonds is 5. The van der Waals surface area contributed by atoms with Crippen molar-refractivity contribution in [3.05, 3.63) is 12.2 Å². The van der Waals surface area contributed by atoms with Crippen molar-refractivity contribution in [1.82, 2.24) is 0 Å². The summed E-state index contributed by atoms with van der Waals surface area (Å²) >= 11 is 0. The van der Waals surface area contributed by atoms with Crippen molar-refractivity contribution in [2.45, 2.75) is 90.4 Å². The number of aliphatic hydroxyl groups excluding tert-OH is 2. The summed E-state index contributed by atoms with van der Waals surface area (Å²) in [5.41, 5.74) is 3.97. The Hall–Kier alpha value is -2.01. The third-order valence-corrected chi connectivity index (χ3v) is 10.4. The molecular weight excluding hydrogens is 480 g/mol. The maximum Gasteiger partial charge on any atom is 0.328 e. The fourth-order valence-corrected chi connectivity index (χ4v) is 8.37. The Morgan fingerprint density at radius 2 is 1.62 bits per heavy atom. The van der Waals surface area contributed by atoms with Crippen LogP contribution in [0.25, 0.3) is 0 Å². The minimum absolute atomic E-state index is 0.0421. The molecule has 4 saturated carbocycles. The number of hydrogen-bond donors (Lipinski definition) is 6. The highest BCUT2D eigenvalue weighted by molar-refractivity contribution is 5.92. The van der Waals surface area contributed by atoms with Crippen LogP contribution in [0.3, 0.4) is 0 Å². The first-order valence-corrected chi connectivity index (χ1v) is 13.3. The summed E-state index contributed by atoms with van der Waals surface area (Å²) in [4.78, 5) is 24.5. The molecule has 10 heteroatoms. The van der Waals surface area contributed by atoms with E-state index in [1.54, 1.807) is 0 Å². The fraction of sp³-hybridized carbons (Fsp3) is 0.815. The average molecular weight is 525 g/mol. The molecule has 0 spiro atoms. The van der Waals surface area contributed by atoms with Gasteiger partial charge in [0.25, 0.3) is 0 Å². The van der Waals surface area contributed by atoms with Gasteiger partial charge in [-0.15, -0.1) is 0 Å². The Bertz CT molecular complexity index is 919. The molecule has 4 aliphatic carbocycles. The number of aliphatic hydroxyl groups is 3. The van der Waals surface area contributed by atoms with Crippen LogP contribution in [-0.2, 0) is 14.4 Å². The van der Waals surface area contributed by atoms with Gasteiger partial charge in [0.15, 0.2) is 0 Å². The second-order valence-electron chi connectivity index (χ2n) is 12.2. The second kappa shape index (κ2) is 10.6. The molecule has 8 atom stereocenters. The highest BCUT2D eigenvalue weighted by Gasteiger charge is 2.72. The van der Waals surface area contributed by atoms with Crippen LogP contribution < -0.4 is 5.73 Å². The van der Waals surface area contributed by atoms with Crippen molar-refractivity contribution in [1.29, 1.82) is 0 Å². The van der Waals surface area contributed by atoms with Crippen molar-refractivity contribution >= 4 is 17.7 Å². The smallest absolute Gasteiger partial charge is 0.328 e. The first-order chi connectivity index (χ1) is 17.2. The van der Waals surface area contributed by atoms with Gasteiger partial charge in [-0.3, -0.25) is 0 Å². The Morgan fingerprint density at radius 3 is 2.19 bits per heavy atom. The minimum atomic E-state index is -1.26. The molecule has 0 saturated heterocycles. The van der Waals surface area contributed by atoms with Crippen molar-refractivity contribution in [2.24, 2.45) is 44.9 Å². The van der Waals surface area contributed by atoms with Gasteiger partial charge in [-0.2, -0.15) is 0 Å². The van der Waals surface area contributed by atoms with Crippen LogP contribution in [0.15, 0.2) is 17.3 Å². The molecule has 0 aliphatic heterocycles. The van der Waals surface area contributed by atoms with Gasteiger partial charge in [0.2, 0.25) is 0 Å². The van der Waals surface area contributed by atoms with Crippen LogP contribution in [-0.4, -0.2) is 74.1 Å². The number of fused-ring (bicyclic) bond motifs is 5. The quantitative estimate of drug-likeness (QED) is 0.178. The number of nitrogens with two attached hydrogens (primary N) is 1. The monoisotopic (exact) mass is 524 g/mol. The topological polar surface area (TPSA) is 183 Å². The van der Waals surface area contributed by atoms with Gasteiger partial charge in [-0.05, 0) is 68.1 Å². The van der Waals surface area contributed by atoms with Gasteiger partial charge in [0, 0.05) is 29.5 Å². The van der Waals surface area contributed by atoms with Crippen molar-refractivity contribution in [2.75, 3.05) is 13.2 Å². The van der Waals surface area contributed by atoms with Crippen molar-refractivity contribution in [3.63, 3.8) is 0 Å². The number of aliphatic carboxylic acids is 2. The molecule has 4 aliphatic rings. The lowest BCUT2D eigenvalue weighted by Gasteiger charge is -2.68. The van der Waals surface area contributed by atoms with Crippen LogP contribution in [0, 0.1) is 34.0 Å². The molecule has 4 rings (SSSR count). The van der Waals surface area contributed by atoms with E-state index >= 15 is 0 Å². The number of carbonyl (C=O) groups is 2. The van der Waals surface area contributed by atoms with E-state index in [1.165, 1.54) is 0 Å². The minimum Gasteiger partial charge on any atom is -0.478 e. The Labute approximate surface area is 218 Å². The van der Waals surface area contributed by atoms with E-state index in [0.717, 1.165) is 44.2 Å². The average Bonchev–Trinajstić information content (AvgIpc) is 3.12. The highest BCUT2D eigenvalue weighted by Crippen LogP contribution is 2.69. The zero-order valence-electron chi connectivity index (χ0n) is 22.4. The van der Waals surface area contributed by atoms with E-state index in [2.05, 4.69) is 19.0 Å². The Kier molecular flexibility index (Phi) is 8.49. The van der Waals surface area contributed by atoms with Crippen molar-refractivity contribution < 1.29 is 40.0 Å². The molecule has 4 fully saturated rings. The van der Waals surface area contributed by atoms with E-state index in [9.17, 15) is 24.9 Å². The lowest BCUT2D eigenvalue weighted by Crippen LogP contribution is -2.74. The third kappa shape index (κ3) is 4.82. The molecule has 0 amide bonds. The van der Waals surface area contributed by atoms with Gasteiger partial charge < -0.3 is 36.1 Å². The molecule has 210 valence electrons. The Balaban J connectivity index is 0.000000414. The van der Waals surface area contributed by atoms with Gasteiger partial charge >= 0.3 is 11.9 Å². The first kappa shape index (κ1) is 29.5. The number of nitrogens with zero attached hydrogens (tertiary/aromatic N) is 1. The maximum absolute atomic E-state index is 12.2. The summed E-state index contributed by atoms with van der Waals surface area (Å²) < 4.78 is 0. The van der Waals surface area contributed by atoms with Gasteiger partial charge in [-0.25, -0.2) is 9.59 Å². The van der Waals surface area contributed by atoms with Gasteiger partial charge in [0.1, 0.15) is 12.2 Å². The Morgan fingerprint density at radius 1 is 1.00 bits per heavy atom. The molecule has 0 aromatic carbocycles. The van der Waals surface area contributed by atoms with Crippen LogP contribution in [0.5, 0.6) is 0 Å².